The summed E-state index contributed by atoms with van der Waals surface area (Å²) in [7, 11) is 1.53. The molecule has 1 aliphatic heterocycles. The van der Waals surface area contributed by atoms with Crippen LogP contribution in [0.2, 0.25) is 0 Å². The molecular formula is C18H16F7N3O. The number of rotatable bonds is 4. The lowest BCUT2D eigenvalue weighted by Crippen LogP contribution is -2.37. The predicted octanol–water partition coefficient (Wildman–Crippen LogP) is 5.02. The van der Waals surface area contributed by atoms with Gasteiger partial charge in [-0.25, -0.2) is 0 Å². The average Bonchev–Trinajstić information content (AvgIpc) is 2.69. The molecule has 2 aromatic rings. The molecule has 0 bridgehead atoms. The first kappa shape index (κ1) is 21.2. The normalized spacial score (nSPS) is 15.7. The van der Waals surface area contributed by atoms with Gasteiger partial charge in [-0.1, -0.05) is 0 Å². The average molecular weight is 423 g/mol. The molecular weight excluding hydrogens is 407 g/mol. The number of hydrogen-bond donors (Lipinski definition) is 1. The van der Waals surface area contributed by atoms with Crippen LogP contribution in [0, 0.1) is 23.5 Å². The molecule has 1 fully saturated rings. The molecule has 1 aromatic heterocycles. The molecule has 0 amide bonds. The Kier molecular flexibility index (Phi) is 5.87. The lowest BCUT2D eigenvalue weighted by molar-refractivity contribution is -0.137. The number of alkyl halides is 3. The van der Waals surface area contributed by atoms with Crippen molar-refractivity contribution in [2.24, 2.45) is 0 Å². The summed E-state index contributed by atoms with van der Waals surface area (Å²) in [6.07, 6.45) is -3.72. The van der Waals surface area contributed by atoms with Gasteiger partial charge < -0.3 is 15.0 Å². The van der Waals surface area contributed by atoms with Crippen LogP contribution in [0.15, 0.2) is 18.2 Å². The van der Waals surface area contributed by atoms with Gasteiger partial charge in [-0.15, -0.1) is 0 Å². The lowest BCUT2D eigenvalue weighted by atomic mass is 10.0. The van der Waals surface area contributed by atoms with E-state index in [-0.39, 0.29) is 11.8 Å². The van der Waals surface area contributed by atoms with Crippen LogP contribution in [0.3, 0.4) is 0 Å². The van der Waals surface area contributed by atoms with E-state index < -0.39 is 46.6 Å². The minimum Gasteiger partial charge on any atom is -0.381 e. The first-order chi connectivity index (χ1) is 13.6. The van der Waals surface area contributed by atoms with E-state index in [0.29, 0.717) is 32.0 Å². The van der Waals surface area contributed by atoms with E-state index >= 15 is 0 Å². The monoisotopic (exact) mass is 423 g/mol. The number of aromatic nitrogens is 1. The number of hydrogen-bond acceptors (Lipinski definition) is 4. The number of piperidine rings is 1. The zero-order valence-electron chi connectivity index (χ0n) is 15.1. The molecule has 11 heteroatoms. The molecule has 1 aliphatic rings. The number of pyridine rings is 1. The van der Waals surface area contributed by atoms with Gasteiger partial charge in [0.2, 0.25) is 11.6 Å². The summed E-state index contributed by atoms with van der Waals surface area (Å²) in [6, 6.07) is 2.91. The predicted molar refractivity (Wildman–Crippen MR) is 91.0 cm³/mol. The second-order valence-electron chi connectivity index (χ2n) is 6.47. The summed E-state index contributed by atoms with van der Waals surface area (Å²) in [6.45, 7) is 0.663. The maximum atomic E-state index is 13.8. The van der Waals surface area contributed by atoms with Gasteiger partial charge in [-0.2, -0.15) is 35.7 Å². The Labute approximate surface area is 161 Å². The highest BCUT2D eigenvalue weighted by atomic mass is 19.4. The fourth-order valence-corrected chi connectivity index (χ4v) is 3.19. The zero-order valence-corrected chi connectivity index (χ0v) is 15.1. The number of ether oxygens (including phenoxy) is 1. The second-order valence-corrected chi connectivity index (χ2v) is 6.47. The molecule has 3 rings (SSSR count). The molecule has 1 N–H and O–H groups in total. The highest BCUT2D eigenvalue weighted by molar-refractivity contribution is 5.67. The van der Waals surface area contributed by atoms with Gasteiger partial charge in [-0.05, 0) is 31.0 Å². The third-order valence-corrected chi connectivity index (χ3v) is 4.68. The van der Waals surface area contributed by atoms with Crippen molar-refractivity contribution in [3.63, 3.8) is 0 Å². The minimum atomic E-state index is -4.77. The highest BCUT2D eigenvalue weighted by Gasteiger charge is 2.36. The van der Waals surface area contributed by atoms with Gasteiger partial charge in [0.25, 0.3) is 11.9 Å². The summed E-state index contributed by atoms with van der Waals surface area (Å²) in [4.78, 5) is 3.94. The molecule has 2 heterocycles. The van der Waals surface area contributed by atoms with Crippen molar-refractivity contribution >= 4 is 17.1 Å². The molecule has 0 saturated carbocycles. The number of nitrogens with zero attached hydrogens (tertiary/aromatic N) is 2. The highest BCUT2D eigenvalue weighted by Crippen LogP contribution is 2.40. The minimum absolute atomic E-state index is 0.0380. The van der Waals surface area contributed by atoms with Gasteiger partial charge in [0.1, 0.15) is 5.69 Å². The summed E-state index contributed by atoms with van der Waals surface area (Å²) in [5.74, 6) is -7.52. The number of anilines is 3. The smallest absolute Gasteiger partial charge is 0.381 e. The van der Waals surface area contributed by atoms with E-state index in [1.807, 2.05) is 5.32 Å². The first-order valence-electron chi connectivity index (χ1n) is 8.57. The van der Waals surface area contributed by atoms with Gasteiger partial charge in [-0.3, -0.25) is 0 Å². The third kappa shape index (κ3) is 4.39. The van der Waals surface area contributed by atoms with Crippen LogP contribution in [0.5, 0.6) is 0 Å². The Hall–Kier alpha value is -2.56. The van der Waals surface area contributed by atoms with Crippen molar-refractivity contribution in [3.8, 4) is 0 Å². The molecule has 4 nitrogen and oxygen atoms in total. The summed E-state index contributed by atoms with van der Waals surface area (Å²) >= 11 is 0. The van der Waals surface area contributed by atoms with E-state index in [4.69, 9.17) is 4.74 Å². The Morgan fingerprint density at radius 2 is 1.62 bits per heavy atom. The first-order valence-corrected chi connectivity index (χ1v) is 8.57. The summed E-state index contributed by atoms with van der Waals surface area (Å²) < 4.78 is 100.0. The standard InChI is InChI=1S/C18H16F7N3O/c1-29-10-4-6-28(7-5-10)12-3-2-9(8-11(12)18(23,24)25)26-15-13(19)16(21)27-17(22)14(15)20/h2-3,8,10H,4-7H2,1H3,(H,26,27). The van der Waals surface area contributed by atoms with Gasteiger partial charge in [0, 0.05) is 31.6 Å². The van der Waals surface area contributed by atoms with Crippen LogP contribution in [0.1, 0.15) is 18.4 Å². The van der Waals surface area contributed by atoms with Crippen LogP contribution < -0.4 is 10.2 Å². The molecule has 0 unspecified atom stereocenters. The number of nitrogens with one attached hydrogen (secondary N) is 1. The maximum absolute atomic E-state index is 13.8. The molecule has 0 atom stereocenters. The van der Waals surface area contributed by atoms with E-state index in [2.05, 4.69) is 4.98 Å². The van der Waals surface area contributed by atoms with Gasteiger partial charge in [0.05, 0.1) is 11.7 Å². The number of benzene rings is 1. The van der Waals surface area contributed by atoms with Crippen molar-refractivity contribution in [2.75, 3.05) is 30.4 Å². The van der Waals surface area contributed by atoms with Crippen molar-refractivity contribution in [3.05, 3.63) is 47.3 Å². The van der Waals surface area contributed by atoms with Crippen LogP contribution in [-0.2, 0) is 10.9 Å². The topological polar surface area (TPSA) is 37.4 Å². The Morgan fingerprint density at radius 3 is 2.14 bits per heavy atom. The van der Waals surface area contributed by atoms with Crippen LogP contribution in [0.25, 0.3) is 0 Å². The molecule has 29 heavy (non-hydrogen) atoms. The van der Waals surface area contributed by atoms with E-state index in [1.165, 1.54) is 12.0 Å². The zero-order chi connectivity index (χ0) is 21.3. The van der Waals surface area contributed by atoms with Gasteiger partial charge >= 0.3 is 6.18 Å². The van der Waals surface area contributed by atoms with Crippen molar-refractivity contribution in [2.45, 2.75) is 25.1 Å². The van der Waals surface area contributed by atoms with E-state index in [9.17, 15) is 30.7 Å². The fraction of sp³-hybridized carbons (Fsp3) is 0.389. The molecule has 1 saturated heterocycles. The number of halogens is 7. The molecule has 1 aromatic carbocycles. The van der Waals surface area contributed by atoms with Gasteiger partial charge in [0.15, 0.2) is 0 Å². The lowest BCUT2D eigenvalue weighted by Gasteiger charge is -2.34. The number of methoxy groups -OCH3 is 1. The quantitative estimate of drug-likeness (QED) is 0.554. The SMILES string of the molecule is COC1CCN(c2ccc(Nc3c(F)c(F)nc(F)c3F)cc2C(F)(F)F)CC1. The molecule has 0 spiro atoms. The van der Waals surface area contributed by atoms with Crippen molar-refractivity contribution in [1.82, 2.24) is 4.98 Å². The third-order valence-electron chi connectivity index (χ3n) is 4.68. The largest absolute Gasteiger partial charge is 0.418 e. The summed E-state index contributed by atoms with van der Waals surface area (Å²) in [5, 5.41) is 1.97. The van der Waals surface area contributed by atoms with E-state index in [0.717, 1.165) is 12.1 Å². The second kappa shape index (κ2) is 8.05. The Bertz CT molecular complexity index is 870. The molecule has 158 valence electrons. The van der Waals surface area contributed by atoms with Crippen molar-refractivity contribution in [1.29, 1.82) is 0 Å². The fourth-order valence-electron chi connectivity index (χ4n) is 3.19. The maximum Gasteiger partial charge on any atom is 0.418 e. The van der Waals surface area contributed by atoms with Crippen LogP contribution in [-0.4, -0.2) is 31.3 Å². The Morgan fingerprint density at radius 1 is 1.03 bits per heavy atom. The molecule has 0 aliphatic carbocycles. The van der Waals surface area contributed by atoms with Crippen LogP contribution >= 0.6 is 0 Å². The van der Waals surface area contributed by atoms with Crippen molar-refractivity contribution < 1.29 is 35.5 Å². The Balaban J connectivity index is 1.95. The summed E-state index contributed by atoms with van der Waals surface area (Å²) in [5.41, 5.74) is -2.81. The van der Waals surface area contributed by atoms with E-state index in [1.54, 1.807) is 0 Å². The van der Waals surface area contributed by atoms with Crippen LogP contribution in [0.4, 0.5) is 47.8 Å². The molecule has 0 radical (unpaired) electrons.